The van der Waals surface area contributed by atoms with E-state index in [9.17, 15) is 4.79 Å². The molecule has 10 heavy (non-hydrogen) atoms. The van der Waals surface area contributed by atoms with Gasteiger partial charge < -0.3 is 0 Å². The maximum atomic E-state index is 10.5. The second-order valence-electron chi connectivity index (χ2n) is 1.94. The average molecular weight is 176 g/mol. The summed E-state index contributed by atoms with van der Waals surface area (Å²) in [5, 5.41) is 2.98. The Kier molecular flexibility index (Phi) is 2.40. The highest BCUT2D eigenvalue weighted by Gasteiger charge is 2.01. The number of hydrogen-bond donors (Lipinski definition) is 0. The van der Waals surface area contributed by atoms with Crippen molar-refractivity contribution in [3.63, 3.8) is 0 Å². The van der Waals surface area contributed by atoms with Crippen molar-refractivity contribution in [1.29, 1.82) is 0 Å². The average Bonchev–Trinajstić information content (AvgIpc) is 2.13. The Bertz CT molecular complexity index is 246. The number of halogens is 1. The van der Waals surface area contributed by atoms with Gasteiger partial charge in [0.1, 0.15) is 15.9 Å². The first-order chi connectivity index (χ1) is 4.68. The van der Waals surface area contributed by atoms with Gasteiger partial charge >= 0.3 is 0 Å². The van der Waals surface area contributed by atoms with Crippen LogP contribution in [0.5, 0.6) is 0 Å². The van der Waals surface area contributed by atoms with E-state index in [0.29, 0.717) is 11.6 Å². The molecule has 0 aliphatic heterocycles. The molecule has 0 unspecified atom stereocenters. The highest BCUT2D eigenvalue weighted by molar-refractivity contribution is 7.10. The van der Waals surface area contributed by atoms with Gasteiger partial charge in [0.2, 0.25) is 0 Å². The first-order valence-electron chi connectivity index (χ1n) is 2.78. The lowest BCUT2D eigenvalue weighted by Gasteiger charge is -1.85. The van der Waals surface area contributed by atoms with Crippen LogP contribution in [0.4, 0.5) is 0 Å². The lowest BCUT2D eigenvalue weighted by molar-refractivity contribution is -0.116. The van der Waals surface area contributed by atoms with Gasteiger partial charge in [-0.05, 0) is 6.92 Å². The van der Waals surface area contributed by atoms with Crippen LogP contribution in [-0.4, -0.2) is 10.8 Å². The molecule has 1 rings (SSSR count). The van der Waals surface area contributed by atoms with Gasteiger partial charge in [0.25, 0.3) is 0 Å². The van der Waals surface area contributed by atoms with Gasteiger partial charge in [-0.2, -0.15) is 0 Å². The topological polar surface area (TPSA) is 30.0 Å². The minimum atomic E-state index is 0.117. The third-order valence-electron chi connectivity index (χ3n) is 0.924. The third kappa shape index (κ3) is 2.08. The van der Waals surface area contributed by atoms with Crippen molar-refractivity contribution in [2.75, 3.05) is 0 Å². The van der Waals surface area contributed by atoms with E-state index in [1.807, 2.05) is 0 Å². The van der Waals surface area contributed by atoms with Crippen LogP contribution in [-0.2, 0) is 11.2 Å². The van der Waals surface area contributed by atoms with Crippen molar-refractivity contribution in [3.8, 4) is 0 Å². The number of rotatable bonds is 2. The molecular weight excluding hydrogens is 170 g/mol. The summed E-state index contributed by atoms with van der Waals surface area (Å²) in [6.07, 6.45) is 0.400. The lowest BCUT2D eigenvalue weighted by atomic mass is 10.3. The molecule has 4 heteroatoms. The Hall–Kier alpha value is -0.410. The molecule has 0 radical (unpaired) electrons. The summed E-state index contributed by atoms with van der Waals surface area (Å²) in [6, 6.07) is 0. The van der Waals surface area contributed by atoms with E-state index in [0.717, 1.165) is 5.01 Å². The molecule has 0 bridgehead atoms. The van der Waals surface area contributed by atoms with Crippen LogP contribution in [0.25, 0.3) is 0 Å². The summed E-state index contributed by atoms with van der Waals surface area (Å²) in [4.78, 5) is 14.5. The molecule has 1 heterocycles. The van der Waals surface area contributed by atoms with Crippen LogP contribution >= 0.6 is 22.9 Å². The molecule has 1 aromatic rings. The van der Waals surface area contributed by atoms with E-state index in [2.05, 4.69) is 4.98 Å². The van der Waals surface area contributed by atoms with Crippen LogP contribution in [0.2, 0.25) is 5.15 Å². The first kappa shape index (κ1) is 7.69. The van der Waals surface area contributed by atoms with Crippen molar-refractivity contribution >= 4 is 28.7 Å². The Morgan fingerprint density at radius 3 is 3.00 bits per heavy atom. The number of carbonyl (C=O) groups is 1. The van der Waals surface area contributed by atoms with Gasteiger partial charge in [-0.25, -0.2) is 4.98 Å². The normalized spacial score (nSPS) is 9.80. The fourth-order valence-electron chi connectivity index (χ4n) is 0.583. The first-order valence-corrected chi connectivity index (χ1v) is 4.03. The van der Waals surface area contributed by atoms with Gasteiger partial charge in [-0.3, -0.25) is 4.79 Å². The summed E-state index contributed by atoms with van der Waals surface area (Å²) >= 11 is 6.95. The molecule has 0 N–H and O–H groups in total. The zero-order valence-electron chi connectivity index (χ0n) is 5.43. The Morgan fingerprint density at radius 2 is 2.60 bits per heavy atom. The number of nitrogens with zero attached hydrogens (tertiary/aromatic N) is 1. The van der Waals surface area contributed by atoms with E-state index in [1.165, 1.54) is 18.3 Å². The van der Waals surface area contributed by atoms with Crippen molar-refractivity contribution in [2.45, 2.75) is 13.3 Å². The molecule has 0 spiro atoms. The second kappa shape index (κ2) is 3.12. The molecule has 2 nitrogen and oxygen atoms in total. The van der Waals surface area contributed by atoms with E-state index in [-0.39, 0.29) is 5.78 Å². The molecule has 0 atom stereocenters. The van der Waals surface area contributed by atoms with Crippen LogP contribution in [0.1, 0.15) is 11.9 Å². The number of thiazole rings is 1. The number of Topliss-reactive ketones (excluding diaryl/α,β-unsaturated/α-hetero) is 1. The van der Waals surface area contributed by atoms with Gasteiger partial charge in [-0.1, -0.05) is 11.6 Å². The molecule has 0 saturated carbocycles. The minimum Gasteiger partial charge on any atom is -0.300 e. The maximum absolute atomic E-state index is 10.5. The second-order valence-corrected chi connectivity index (χ2v) is 3.27. The zero-order chi connectivity index (χ0) is 7.56. The van der Waals surface area contributed by atoms with Gasteiger partial charge in [-0.15, -0.1) is 11.3 Å². The molecular formula is C6H6ClNOS. The van der Waals surface area contributed by atoms with Crippen LogP contribution in [0, 0.1) is 0 Å². The van der Waals surface area contributed by atoms with Gasteiger partial charge in [0.15, 0.2) is 0 Å². The SMILES string of the molecule is CC(=O)Cc1nc(Cl)cs1. The Balaban J connectivity index is 2.67. The minimum absolute atomic E-state index is 0.117. The Morgan fingerprint density at radius 1 is 1.90 bits per heavy atom. The van der Waals surface area contributed by atoms with Crippen molar-refractivity contribution in [3.05, 3.63) is 15.5 Å². The highest BCUT2D eigenvalue weighted by Crippen LogP contribution is 2.14. The maximum Gasteiger partial charge on any atom is 0.140 e. The van der Waals surface area contributed by atoms with E-state index in [4.69, 9.17) is 11.6 Å². The van der Waals surface area contributed by atoms with E-state index < -0.39 is 0 Å². The predicted molar refractivity (Wildman–Crippen MR) is 41.5 cm³/mol. The zero-order valence-corrected chi connectivity index (χ0v) is 7.00. The number of hydrogen-bond acceptors (Lipinski definition) is 3. The summed E-state index contributed by atoms with van der Waals surface area (Å²) < 4.78 is 0. The van der Waals surface area contributed by atoms with Crippen LogP contribution in [0.15, 0.2) is 5.38 Å². The summed E-state index contributed by atoms with van der Waals surface area (Å²) in [7, 11) is 0. The quantitative estimate of drug-likeness (QED) is 0.688. The van der Waals surface area contributed by atoms with Crippen molar-refractivity contribution in [1.82, 2.24) is 4.98 Å². The molecule has 0 aromatic carbocycles. The van der Waals surface area contributed by atoms with Crippen LogP contribution in [0.3, 0.4) is 0 Å². The number of ketones is 1. The standard InChI is InChI=1S/C6H6ClNOS/c1-4(9)2-6-8-5(7)3-10-6/h3H,2H2,1H3. The van der Waals surface area contributed by atoms with Crippen LogP contribution < -0.4 is 0 Å². The number of aromatic nitrogens is 1. The summed E-state index contributed by atoms with van der Waals surface area (Å²) in [6.45, 7) is 1.54. The molecule has 0 amide bonds. The smallest absolute Gasteiger partial charge is 0.140 e. The highest BCUT2D eigenvalue weighted by atomic mass is 35.5. The van der Waals surface area contributed by atoms with Gasteiger partial charge in [0, 0.05) is 5.38 Å². The predicted octanol–water partition coefficient (Wildman–Crippen LogP) is 1.93. The Labute approximate surface area is 67.9 Å². The molecule has 54 valence electrons. The van der Waals surface area contributed by atoms with Crippen molar-refractivity contribution in [2.24, 2.45) is 0 Å². The molecule has 0 fully saturated rings. The van der Waals surface area contributed by atoms with E-state index in [1.54, 1.807) is 5.38 Å². The molecule has 0 aliphatic rings. The largest absolute Gasteiger partial charge is 0.300 e. The van der Waals surface area contributed by atoms with E-state index >= 15 is 0 Å². The fraction of sp³-hybridized carbons (Fsp3) is 0.333. The van der Waals surface area contributed by atoms with Gasteiger partial charge in [0.05, 0.1) is 6.42 Å². The summed E-state index contributed by atoms with van der Waals surface area (Å²) in [5.41, 5.74) is 0. The summed E-state index contributed by atoms with van der Waals surface area (Å²) in [5.74, 6) is 0.117. The molecule has 0 aliphatic carbocycles. The molecule has 0 saturated heterocycles. The van der Waals surface area contributed by atoms with Crippen molar-refractivity contribution < 1.29 is 4.79 Å². The monoisotopic (exact) mass is 175 g/mol. The number of carbonyl (C=O) groups excluding carboxylic acids is 1. The molecule has 1 aromatic heterocycles. The third-order valence-corrected chi connectivity index (χ3v) is 2.10. The lowest BCUT2D eigenvalue weighted by Crippen LogP contribution is -1.94. The fourth-order valence-corrected chi connectivity index (χ4v) is 1.59.